The predicted octanol–water partition coefficient (Wildman–Crippen LogP) is 2.46. The molecule has 0 bridgehead atoms. The van der Waals surface area contributed by atoms with Crippen LogP contribution in [0.3, 0.4) is 0 Å². The minimum atomic E-state index is -4.73. The van der Waals surface area contributed by atoms with E-state index in [1.807, 2.05) is 0 Å². The van der Waals surface area contributed by atoms with Crippen LogP contribution in [0.15, 0.2) is 18.2 Å². The van der Waals surface area contributed by atoms with Crippen molar-refractivity contribution in [2.45, 2.75) is 17.2 Å². The Morgan fingerprint density at radius 3 is 2.57 bits per heavy atom. The zero-order valence-corrected chi connectivity index (χ0v) is 11.4. The lowest BCUT2D eigenvalue weighted by Gasteiger charge is -2.37. The second-order valence-corrected chi connectivity index (χ2v) is 6.32. The molecule has 1 fully saturated rings. The first-order valence-corrected chi connectivity index (χ1v) is 7.28. The van der Waals surface area contributed by atoms with E-state index in [-0.39, 0.29) is 13.1 Å². The van der Waals surface area contributed by atoms with E-state index in [1.54, 1.807) is 0 Å². The van der Waals surface area contributed by atoms with E-state index in [4.69, 9.17) is 5.11 Å². The Morgan fingerprint density at radius 1 is 1.43 bits per heavy atom. The summed E-state index contributed by atoms with van der Waals surface area (Å²) in [6.45, 7) is -0.0322. The second kappa shape index (κ2) is 5.72. The van der Waals surface area contributed by atoms with Crippen molar-refractivity contribution in [3.63, 3.8) is 0 Å². The van der Waals surface area contributed by atoms with Gasteiger partial charge in [0.2, 0.25) is 0 Å². The van der Waals surface area contributed by atoms with Gasteiger partial charge in [0.15, 0.2) is 5.25 Å². The van der Waals surface area contributed by atoms with Gasteiger partial charge >= 0.3 is 12.3 Å². The van der Waals surface area contributed by atoms with Gasteiger partial charge in [0.25, 0.3) is 0 Å². The maximum Gasteiger partial charge on any atom is 0.416 e. The number of nitrogens with zero attached hydrogens (tertiary/aromatic N) is 1. The molecule has 0 aliphatic carbocycles. The summed E-state index contributed by atoms with van der Waals surface area (Å²) in [6.07, 6.45) is -5.90. The van der Waals surface area contributed by atoms with Crippen molar-refractivity contribution in [3.05, 3.63) is 35.1 Å². The fraction of sp³-hybridized carbons (Fsp3) is 0.417. The standard InChI is InChI=1S/C12H11F4NO3S/c13-10-3-1-2-9(12(14,15)16)8(10)6-21(20)7-4-17(5-7)11(18)19/h1-3,7H,4-6H2,(H,18,19)/t21-/m0/s1. The number of alkyl halides is 3. The topological polar surface area (TPSA) is 63.6 Å². The molecule has 1 aromatic rings. The van der Waals surface area contributed by atoms with Crippen molar-refractivity contribution in [2.24, 2.45) is 0 Å². The highest BCUT2D eigenvalue weighted by molar-refractivity contribution is 7.91. The van der Waals surface area contributed by atoms with Crippen molar-refractivity contribution in [3.8, 4) is 0 Å². The SMILES string of the molecule is O=C(O)N1CC([S@@+]([O-])Cc2c(F)cccc2C(F)(F)F)C1. The highest BCUT2D eigenvalue weighted by Gasteiger charge is 2.41. The van der Waals surface area contributed by atoms with Crippen LogP contribution in [0.1, 0.15) is 11.1 Å². The summed E-state index contributed by atoms with van der Waals surface area (Å²) < 4.78 is 63.9. The van der Waals surface area contributed by atoms with Crippen LogP contribution in [-0.4, -0.2) is 39.0 Å². The molecule has 4 nitrogen and oxygen atoms in total. The minimum absolute atomic E-state index is 0.0161. The average Bonchev–Trinajstić information content (AvgIpc) is 2.27. The largest absolute Gasteiger partial charge is 0.616 e. The van der Waals surface area contributed by atoms with Gasteiger partial charge in [0.1, 0.15) is 11.6 Å². The fourth-order valence-electron chi connectivity index (χ4n) is 1.99. The molecule has 0 spiro atoms. The van der Waals surface area contributed by atoms with Gasteiger partial charge < -0.3 is 9.66 Å². The van der Waals surface area contributed by atoms with Crippen LogP contribution < -0.4 is 0 Å². The highest BCUT2D eigenvalue weighted by atomic mass is 32.2. The molecular formula is C12H11F4NO3S. The molecule has 21 heavy (non-hydrogen) atoms. The Morgan fingerprint density at radius 2 is 2.05 bits per heavy atom. The number of carbonyl (C=O) groups is 1. The fourth-order valence-corrected chi connectivity index (χ4v) is 3.50. The van der Waals surface area contributed by atoms with Gasteiger partial charge in [-0.2, -0.15) is 13.2 Å². The molecule has 1 saturated heterocycles. The molecule has 2 rings (SSSR count). The zero-order chi connectivity index (χ0) is 15.8. The number of carboxylic acid groups (broad SMARTS) is 1. The quantitative estimate of drug-likeness (QED) is 0.686. The number of likely N-dealkylation sites (tertiary alicyclic amines) is 1. The normalized spacial score (nSPS) is 17.5. The van der Waals surface area contributed by atoms with Crippen molar-refractivity contribution < 1.29 is 32.0 Å². The van der Waals surface area contributed by atoms with Crippen LogP contribution in [0, 0.1) is 5.82 Å². The van der Waals surface area contributed by atoms with Crippen LogP contribution in [0.4, 0.5) is 22.4 Å². The molecular weight excluding hydrogens is 314 g/mol. The first-order chi connectivity index (χ1) is 9.70. The number of rotatable bonds is 3. The van der Waals surface area contributed by atoms with Gasteiger partial charge in [0, 0.05) is 5.56 Å². The minimum Gasteiger partial charge on any atom is -0.616 e. The van der Waals surface area contributed by atoms with Gasteiger partial charge in [-0.05, 0) is 23.3 Å². The Balaban J connectivity index is 2.11. The van der Waals surface area contributed by atoms with Gasteiger partial charge in [-0.25, -0.2) is 9.18 Å². The smallest absolute Gasteiger partial charge is 0.416 e. The van der Waals surface area contributed by atoms with Gasteiger partial charge in [-0.3, -0.25) is 4.90 Å². The highest BCUT2D eigenvalue weighted by Crippen LogP contribution is 2.34. The molecule has 1 amide bonds. The van der Waals surface area contributed by atoms with Crippen LogP contribution >= 0.6 is 0 Å². The maximum absolute atomic E-state index is 13.6. The van der Waals surface area contributed by atoms with Crippen LogP contribution in [0.25, 0.3) is 0 Å². The van der Waals surface area contributed by atoms with Crippen molar-refractivity contribution in [1.82, 2.24) is 4.90 Å². The van der Waals surface area contributed by atoms with Crippen LogP contribution in [0.2, 0.25) is 0 Å². The lowest BCUT2D eigenvalue weighted by atomic mass is 10.1. The summed E-state index contributed by atoms with van der Waals surface area (Å²) in [4.78, 5) is 11.6. The molecule has 0 radical (unpaired) electrons. The Hall–Kier alpha value is -1.48. The molecule has 1 aromatic carbocycles. The van der Waals surface area contributed by atoms with E-state index in [0.717, 1.165) is 23.1 Å². The average molecular weight is 325 g/mol. The first-order valence-electron chi connectivity index (χ1n) is 5.89. The third kappa shape index (κ3) is 3.41. The molecule has 0 aromatic heterocycles. The number of amides is 1. The summed E-state index contributed by atoms with van der Waals surface area (Å²) >= 11 is -1.77. The van der Waals surface area contributed by atoms with Crippen LogP contribution in [0.5, 0.6) is 0 Å². The molecule has 1 heterocycles. The van der Waals surface area contributed by atoms with Crippen molar-refractivity contribution in [1.29, 1.82) is 0 Å². The summed E-state index contributed by atoms with van der Waals surface area (Å²) in [5.41, 5.74) is -1.79. The molecule has 1 atom stereocenters. The Bertz CT molecular complexity index is 546. The van der Waals surface area contributed by atoms with Gasteiger partial charge in [0.05, 0.1) is 18.7 Å². The summed E-state index contributed by atoms with van der Waals surface area (Å²) in [5, 5.41) is 8.07. The van der Waals surface area contributed by atoms with E-state index in [0.29, 0.717) is 0 Å². The van der Waals surface area contributed by atoms with E-state index < -0.39 is 51.4 Å². The predicted molar refractivity (Wildman–Crippen MR) is 66.6 cm³/mol. The Kier molecular flexibility index (Phi) is 4.33. The monoisotopic (exact) mass is 325 g/mol. The number of hydrogen-bond donors (Lipinski definition) is 1. The molecule has 1 N–H and O–H groups in total. The third-order valence-electron chi connectivity index (χ3n) is 3.20. The molecule has 0 saturated carbocycles. The van der Waals surface area contributed by atoms with E-state index in [1.165, 1.54) is 0 Å². The van der Waals surface area contributed by atoms with Crippen molar-refractivity contribution in [2.75, 3.05) is 13.1 Å². The summed E-state index contributed by atoms with van der Waals surface area (Å²) in [7, 11) is 0. The third-order valence-corrected chi connectivity index (χ3v) is 4.82. The number of halogens is 4. The number of hydrogen-bond acceptors (Lipinski definition) is 2. The maximum atomic E-state index is 13.6. The van der Waals surface area contributed by atoms with Crippen molar-refractivity contribution >= 4 is 17.3 Å². The zero-order valence-electron chi connectivity index (χ0n) is 10.6. The summed E-state index contributed by atoms with van der Waals surface area (Å²) in [6, 6.07) is 2.56. The van der Waals surface area contributed by atoms with Crippen LogP contribution in [-0.2, 0) is 23.1 Å². The summed E-state index contributed by atoms with van der Waals surface area (Å²) in [5.74, 6) is -1.65. The van der Waals surface area contributed by atoms with Gasteiger partial charge in [-0.1, -0.05) is 6.07 Å². The molecule has 0 unspecified atom stereocenters. The molecule has 1 aliphatic rings. The number of benzene rings is 1. The molecule has 9 heteroatoms. The molecule has 1 aliphatic heterocycles. The lowest BCUT2D eigenvalue weighted by Crippen LogP contribution is -2.56. The van der Waals surface area contributed by atoms with E-state index in [9.17, 15) is 26.9 Å². The van der Waals surface area contributed by atoms with Gasteiger partial charge in [-0.15, -0.1) is 0 Å². The second-order valence-electron chi connectivity index (χ2n) is 4.60. The first kappa shape index (κ1) is 15.9. The lowest BCUT2D eigenvalue weighted by molar-refractivity contribution is -0.138. The molecule has 116 valence electrons. The van der Waals surface area contributed by atoms with E-state index in [2.05, 4.69) is 0 Å². The van der Waals surface area contributed by atoms with E-state index >= 15 is 0 Å². The Labute approximate surface area is 120 Å².